The lowest BCUT2D eigenvalue weighted by Gasteiger charge is -2.25. The van der Waals surface area contributed by atoms with Crippen LogP contribution in [0.1, 0.15) is 13.3 Å². The van der Waals surface area contributed by atoms with Crippen LogP contribution >= 0.6 is 0 Å². The predicted molar refractivity (Wildman–Crippen MR) is 46.7 cm³/mol. The summed E-state index contributed by atoms with van der Waals surface area (Å²) in [6, 6.07) is 0.125. The van der Waals surface area contributed by atoms with E-state index in [1.54, 1.807) is 7.11 Å². The smallest absolute Gasteiger partial charge is 0.0876 e. The van der Waals surface area contributed by atoms with E-state index in [-0.39, 0.29) is 12.1 Å². The third kappa shape index (κ3) is 1.67. The van der Waals surface area contributed by atoms with Gasteiger partial charge in [-0.25, -0.2) is 4.39 Å². The summed E-state index contributed by atoms with van der Waals surface area (Å²) in [5.41, 5.74) is 0.854. The van der Waals surface area contributed by atoms with Gasteiger partial charge >= 0.3 is 0 Å². The zero-order chi connectivity index (χ0) is 9.14. The molecular weight excluding hydrogens is 157 g/mol. The number of nitrogens with zero attached hydrogens (tertiary/aromatic N) is 1. The molecule has 2 nitrogen and oxygen atoms in total. The Labute approximate surface area is 73.0 Å². The van der Waals surface area contributed by atoms with Crippen molar-refractivity contribution < 1.29 is 9.13 Å². The first kappa shape index (κ1) is 9.68. The topological polar surface area (TPSA) is 12.5 Å². The van der Waals surface area contributed by atoms with Crippen LogP contribution in [0.2, 0.25) is 0 Å². The standard InChI is InChI=1S/C9H16FNO/c1-7(12-3)9-8(6-10)4-5-11(9)2/h6-7,9H,4-5H2,1-3H3/b8-6-/t7-,9?/m0/s1. The number of methoxy groups -OCH3 is 1. The van der Waals surface area contributed by atoms with Crippen LogP contribution in [0, 0.1) is 0 Å². The summed E-state index contributed by atoms with van der Waals surface area (Å²) < 4.78 is 17.6. The van der Waals surface area contributed by atoms with Gasteiger partial charge in [-0.2, -0.15) is 0 Å². The van der Waals surface area contributed by atoms with Crippen LogP contribution in [-0.4, -0.2) is 37.7 Å². The third-order valence-corrected chi connectivity index (χ3v) is 2.56. The SMILES string of the molecule is CO[C@@H](C)C1/C(=C\F)CCN1C. The molecule has 1 rings (SSSR count). The number of hydrogen-bond donors (Lipinski definition) is 0. The summed E-state index contributed by atoms with van der Waals surface area (Å²) >= 11 is 0. The Kier molecular flexibility index (Phi) is 3.23. The Morgan fingerprint density at radius 1 is 1.75 bits per heavy atom. The van der Waals surface area contributed by atoms with Crippen molar-refractivity contribution in [3.63, 3.8) is 0 Å². The Balaban J connectivity index is 2.70. The molecule has 1 unspecified atom stereocenters. The molecule has 1 heterocycles. The molecule has 1 saturated heterocycles. The van der Waals surface area contributed by atoms with E-state index in [1.807, 2.05) is 14.0 Å². The van der Waals surface area contributed by atoms with Crippen LogP contribution in [0.15, 0.2) is 11.9 Å². The highest BCUT2D eigenvalue weighted by molar-refractivity contribution is 5.15. The molecule has 70 valence electrons. The lowest BCUT2D eigenvalue weighted by Crippen LogP contribution is -2.36. The molecule has 0 N–H and O–H groups in total. The van der Waals surface area contributed by atoms with E-state index in [1.165, 1.54) is 0 Å². The molecule has 0 aliphatic carbocycles. The fourth-order valence-electron chi connectivity index (χ4n) is 1.78. The highest BCUT2D eigenvalue weighted by Gasteiger charge is 2.30. The second-order valence-electron chi connectivity index (χ2n) is 3.30. The molecule has 0 saturated carbocycles. The molecule has 1 fully saturated rings. The minimum Gasteiger partial charge on any atom is -0.380 e. The maximum atomic E-state index is 12.4. The van der Waals surface area contributed by atoms with Gasteiger partial charge in [0.15, 0.2) is 0 Å². The third-order valence-electron chi connectivity index (χ3n) is 2.56. The van der Waals surface area contributed by atoms with Crippen molar-refractivity contribution in [1.29, 1.82) is 0 Å². The van der Waals surface area contributed by atoms with Crippen LogP contribution in [-0.2, 0) is 4.74 Å². The number of likely N-dealkylation sites (tertiary alicyclic amines) is 1. The van der Waals surface area contributed by atoms with E-state index in [2.05, 4.69) is 4.90 Å². The lowest BCUT2D eigenvalue weighted by atomic mass is 10.1. The van der Waals surface area contributed by atoms with E-state index in [0.29, 0.717) is 0 Å². The van der Waals surface area contributed by atoms with Crippen LogP contribution in [0.3, 0.4) is 0 Å². The largest absolute Gasteiger partial charge is 0.380 e. The molecule has 0 aromatic carbocycles. The van der Waals surface area contributed by atoms with Gasteiger partial charge < -0.3 is 4.74 Å². The minimum absolute atomic E-state index is 0.0690. The van der Waals surface area contributed by atoms with Gasteiger partial charge in [-0.15, -0.1) is 0 Å². The fraction of sp³-hybridized carbons (Fsp3) is 0.778. The van der Waals surface area contributed by atoms with Gasteiger partial charge in [0, 0.05) is 13.7 Å². The first-order valence-electron chi connectivity index (χ1n) is 4.23. The molecule has 2 atom stereocenters. The number of halogens is 1. The number of hydrogen-bond acceptors (Lipinski definition) is 2. The van der Waals surface area contributed by atoms with Crippen molar-refractivity contribution in [2.45, 2.75) is 25.5 Å². The quantitative estimate of drug-likeness (QED) is 0.628. The summed E-state index contributed by atoms with van der Waals surface area (Å²) in [6.07, 6.45) is 1.62. The van der Waals surface area contributed by atoms with Gasteiger partial charge in [0.1, 0.15) is 0 Å². The van der Waals surface area contributed by atoms with E-state index in [9.17, 15) is 4.39 Å². The molecule has 3 heteroatoms. The normalized spacial score (nSPS) is 31.3. The van der Waals surface area contributed by atoms with Crippen molar-refractivity contribution in [1.82, 2.24) is 4.90 Å². The highest BCUT2D eigenvalue weighted by Crippen LogP contribution is 2.25. The number of likely N-dealkylation sites (N-methyl/N-ethyl adjacent to an activating group) is 1. The van der Waals surface area contributed by atoms with E-state index < -0.39 is 0 Å². The van der Waals surface area contributed by atoms with E-state index in [4.69, 9.17) is 4.74 Å². The van der Waals surface area contributed by atoms with Gasteiger partial charge in [0.2, 0.25) is 0 Å². The zero-order valence-electron chi connectivity index (χ0n) is 7.88. The van der Waals surface area contributed by atoms with Gasteiger partial charge in [0.05, 0.1) is 18.5 Å². The summed E-state index contributed by atoms with van der Waals surface area (Å²) in [5.74, 6) is 0. The van der Waals surface area contributed by atoms with Gasteiger partial charge in [-0.3, -0.25) is 4.90 Å². The molecule has 0 bridgehead atoms. The highest BCUT2D eigenvalue weighted by atomic mass is 19.1. The molecular formula is C9H16FNO. The van der Waals surface area contributed by atoms with Gasteiger partial charge in [-0.05, 0) is 26.0 Å². The molecule has 0 aromatic heterocycles. The molecule has 1 aliphatic heterocycles. The van der Waals surface area contributed by atoms with Crippen LogP contribution in [0.25, 0.3) is 0 Å². The number of rotatable bonds is 2. The van der Waals surface area contributed by atoms with E-state index in [0.717, 1.165) is 24.9 Å². The molecule has 0 amide bonds. The molecule has 12 heavy (non-hydrogen) atoms. The first-order valence-corrected chi connectivity index (χ1v) is 4.23. The monoisotopic (exact) mass is 173 g/mol. The van der Waals surface area contributed by atoms with Crippen LogP contribution < -0.4 is 0 Å². The van der Waals surface area contributed by atoms with Crippen molar-refractivity contribution in [3.8, 4) is 0 Å². The average molecular weight is 173 g/mol. The number of ether oxygens (including phenoxy) is 1. The second kappa shape index (κ2) is 4.01. The Morgan fingerprint density at radius 2 is 2.42 bits per heavy atom. The summed E-state index contributed by atoms with van der Waals surface area (Å²) in [5, 5.41) is 0. The zero-order valence-corrected chi connectivity index (χ0v) is 7.88. The Hall–Kier alpha value is -0.410. The maximum Gasteiger partial charge on any atom is 0.0876 e. The molecule has 0 spiro atoms. The predicted octanol–water partition coefficient (Wildman–Crippen LogP) is 1.58. The summed E-state index contributed by atoms with van der Waals surface area (Å²) in [7, 11) is 3.66. The van der Waals surface area contributed by atoms with Crippen molar-refractivity contribution >= 4 is 0 Å². The molecule has 0 radical (unpaired) electrons. The summed E-state index contributed by atoms with van der Waals surface area (Å²) in [4.78, 5) is 2.12. The van der Waals surface area contributed by atoms with E-state index >= 15 is 0 Å². The van der Waals surface area contributed by atoms with Crippen molar-refractivity contribution in [2.75, 3.05) is 20.7 Å². The summed E-state index contributed by atoms with van der Waals surface area (Å²) in [6.45, 7) is 2.89. The Bertz CT molecular complexity index is 181. The van der Waals surface area contributed by atoms with Crippen LogP contribution in [0.4, 0.5) is 4.39 Å². The van der Waals surface area contributed by atoms with Crippen molar-refractivity contribution in [2.24, 2.45) is 0 Å². The van der Waals surface area contributed by atoms with Gasteiger partial charge in [-0.1, -0.05) is 0 Å². The van der Waals surface area contributed by atoms with Gasteiger partial charge in [0.25, 0.3) is 0 Å². The van der Waals surface area contributed by atoms with Crippen molar-refractivity contribution in [3.05, 3.63) is 11.9 Å². The molecule has 1 aliphatic rings. The average Bonchev–Trinajstić information content (AvgIpc) is 2.45. The molecule has 0 aromatic rings. The first-order chi connectivity index (χ1) is 5.70. The minimum atomic E-state index is 0.0690. The maximum absolute atomic E-state index is 12.4. The lowest BCUT2D eigenvalue weighted by molar-refractivity contribution is 0.0641. The fourth-order valence-corrected chi connectivity index (χ4v) is 1.78. The second-order valence-corrected chi connectivity index (χ2v) is 3.30. The Morgan fingerprint density at radius 3 is 2.92 bits per heavy atom. The van der Waals surface area contributed by atoms with Crippen LogP contribution in [0.5, 0.6) is 0 Å².